The number of aliphatic carboxylic acids is 2. The van der Waals surface area contributed by atoms with E-state index in [-0.39, 0.29) is 43.7 Å². The van der Waals surface area contributed by atoms with Crippen molar-refractivity contribution in [2.45, 2.75) is 64.5 Å². The van der Waals surface area contributed by atoms with Crippen LogP contribution in [0.4, 0.5) is 0 Å². The number of hydrogen-bond donors (Lipinski definition) is 4. The molecule has 0 aliphatic heterocycles. The number of carboxylic acid groups (broad SMARTS) is 2. The molecule has 0 aromatic rings. The van der Waals surface area contributed by atoms with Gasteiger partial charge in [-0.2, -0.15) is 0 Å². The lowest BCUT2D eigenvalue weighted by molar-refractivity contribution is -0.144. The number of nitrogens with two attached hydrogens (primary N) is 1. The molecule has 0 spiro atoms. The Bertz CT molecular complexity index is 519. The average Bonchev–Trinajstić information content (AvgIpc) is 2.55. The number of rotatable bonds is 13. The third-order valence-electron chi connectivity index (χ3n) is 3.82. The highest BCUT2D eigenvalue weighted by molar-refractivity contribution is 5.91. The van der Waals surface area contributed by atoms with Crippen LogP contribution in [-0.4, -0.2) is 51.7 Å². The van der Waals surface area contributed by atoms with E-state index in [1.54, 1.807) is 13.8 Å². The molecule has 9 nitrogen and oxygen atoms in total. The second-order valence-electron chi connectivity index (χ2n) is 5.83. The molecule has 9 heteroatoms. The summed E-state index contributed by atoms with van der Waals surface area (Å²) in [5, 5.41) is 20.3. The lowest BCUT2D eigenvalue weighted by atomic mass is 9.96. The fourth-order valence-electron chi connectivity index (χ4n) is 2.11. The standard InChI is InChI=1S/C16H26N2O7/c1-3-9(15(22)23)7-11(20)5-6-13(16(24)25)18-14(21)12(17)8-10(19)4-2/h9,12-13H,3-8,17H2,1-2H3,(H,18,21)(H,22,23)(H,24,25)/t9-,12+,13+/m1/s1. The smallest absolute Gasteiger partial charge is 0.326 e. The molecule has 5 N–H and O–H groups in total. The van der Waals surface area contributed by atoms with Crippen LogP contribution in [0.25, 0.3) is 0 Å². The van der Waals surface area contributed by atoms with Gasteiger partial charge in [0.15, 0.2) is 0 Å². The number of carboxylic acids is 2. The van der Waals surface area contributed by atoms with E-state index >= 15 is 0 Å². The van der Waals surface area contributed by atoms with Gasteiger partial charge >= 0.3 is 11.9 Å². The number of amides is 1. The Morgan fingerprint density at radius 3 is 2.00 bits per heavy atom. The molecule has 0 aromatic heterocycles. The molecular formula is C16H26N2O7. The Morgan fingerprint density at radius 2 is 1.56 bits per heavy atom. The Kier molecular flexibility index (Phi) is 10.3. The van der Waals surface area contributed by atoms with Crippen molar-refractivity contribution in [2.24, 2.45) is 11.7 Å². The molecular weight excluding hydrogens is 332 g/mol. The van der Waals surface area contributed by atoms with Crippen LogP contribution in [0, 0.1) is 5.92 Å². The molecule has 0 radical (unpaired) electrons. The van der Waals surface area contributed by atoms with Gasteiger partial charge in [0.1, 0.15) is 17.6 Å². The quantitative estimate of drug-likeness (QED) is 0.360. The first-order valence-electron chi connectivity index (χ1n) is 8.17. The summed E-state index contributed by atoms with van der Waals surface area (Å²) in [5.74, 6) is -4.60. The van der Waals surface area contributed by atoms with Crippen molar-refractivity contribution < 1.29 is 34.2 Å². The molecule has 0 rings (SSSR count). The summed E-state index contributed by atoms with van der Waals surface area (Å²) in [6, 6.07) is -2.48. The SMILES string of the molecule is CCC(=O)C[C@H](N)C(=O)N[C@@H](CCC(=O)C[C@@H](CC)C(=O)O)C(=O)O. The normalized spacial score (nSPS) is 14.2. The second-order valence-corrected chi connectivity index (χ2v) is 5.83. The number of Topliss-reactive ketones (excluding diaryl/α,β-unsaturated/α-hetero) is 2. The monoisotopic (exact) mass is 358 g/mol. The molecule has 0 aromatic carbocycles. The molecule has 0 saturated carbocycles. The highest BCUT2D eigenvalue weighted by Crippen LogP contribution is 2.12. The maximum Gasteiger partial charge on any atom is 0.326 e. The van der Waals surface area contributed by atoms with Crippen molar-refractivity contribution >= 4 is 29.4 Å². The predicted molar refractivity (Wildman–Crippen MR) is 87.7 cm³/mol. The fourth-order valence-corrected chi connectivity index (χ4v) is 2.11. The van der Waals surface area contributed by atoms with Crippen molar-refractivity contribution in [3.05, 3.63) is 0 Å². The Morgan fingerprint density at radius 1 is 0.960 bits per heavy atom. The first-order valence-corrected chi connectivity index (χ1v) is 8.17. The maximum atomic E-state index is 11.9. The van der Waals surface area contributed by atoms with E-state index < -0.39 is 35.8 Å². The Labute approximate surface area is 145 Å². The van der Waals surface area contributed by atoms with Crippen molar-refractivity contribution in [1.82, 2.24) is 5.32 Å². The van der Waals surface area contributed by atoms with E-state index in [4.69, 9.17) is 15.9 Å². The summed E-state index contributed by atoms with van der Waals surface area (Å²) in [4.78, 5) is 57.0. The molecule has 0 aliphatic carbocycles. The fraction of sp³-hybridized carbons (Fsp3) is 0.688. The average molecular weight is 358 g/mol. The van der Waals surface area contributed by atoms with Crippen molar-refractivity contribution in [1.29, 1.82) is 0 Å². The Balaban J connectivity index is 4.59. The summed E-state index contributed by atoms with van der Waals surface area (Å²) in [5.41, 5.74) is 5.56. The summed E-state index contributed by atoms with van der Waals surface area (Å²) >= 11 is 0. The van der Waals surface area contributed by atoms with Crippen LogP contribution < -0.4 is 11.1 Å². The highest BCUT2D eigenvalue weighted by Gasteiger charge is 2.26. The molecule has 0 saturated heterocycles. The third kappa shape index (κ3) is 8.94. The third-order valence-corrected chi connectivity index (χ3v) is 3.82. The van der Waals surface area contributed by atoms with Crippen LogP contribution in [0.3, 0.4) is 0 Å². The minimum atomic E-state index is -1.33. The first-order chi connectivity index (χ1) is 11.6. The molecule has 0 bridgehead atoms. The van der Waals surface area contributed by atoms with Gasteiger partial charge in [-0.3, -0.25) is 19.2 Å². The number of hydrogen-bond acceptors (Lipinski definition) is 6. The van der Waals surface area contributed by atoms with Crippen LogP contribution in [-0.2, 0) is 24.0 Å². The molecule has 0 unspecified atom stereocenters. The summed E-state index contributed by atoms with van der Waals surface area (Å²) < 4.78 is 0. The molecule has 0 fully saturated rings. The number of nitrogens with one attached hydrogen (secondary N) is 1. The Hall–Kier alpha value is -2.29. The number of carbonyl (C=O) groups is 5. The van der Waals surface area contributed by atoms with E-state index in [0.717, 1.165) is 0 Å². The van der Waals surface area contributed by atoms with Crippen LogP contribution in [0.15, 0.2) is 0 Å². The molecule has 142 valence electrons. The lowest BCUT2D eigenvalue weighted by Gasteiger charge is -2.17. The highest BCUT2D eigenvalue weighted by atomic mass is 16.4. The topological polar surface area (TPSA) is 164 Å². The van der Waals surface area contributed by atoms with Crippen molar-refractivity contribution in [3.63, 3.8) is 0 Å². The second kappa shape index (κ2) is 11.3. The van der Waals surface area contributed by atoms with E-state index in [9.17, 15) is 24.0 Å². The van der Waals surface area contributed by atoms with E-state index in [1.807, 2.05) is 0 Å². The van der Waals surface area contributed by atoms with Gasteiger partial charge in [0.25, 0.3) is 0 Å². The molecule has 0 heterocycles. The molecule has 0 aliphatic rings. The van der Waals surface area contributed by atoms with Crippen LogP contribution >= 0.6 is 0 Å². The van der Waals surface area contributed by atoms with Gasteiger partial charge in [-0.1, -0.05) is 13.8 Å². The zero-order chi connectivity index (χ0) is 19.6. The largest absolute Gasteiger partial charge is 0.481 e. The van der Waals surface area contributed by atoms with Crippen molar-refractivity contribution in [2.75, 3.05) is 0 Å². The zero-order valence-electron chi connectivity index (χ0n) is 14.5. The molecule has 1 amide bonds. The predicted octanol–water partition coefficient (Wildman–Crippen LogP) is 0.103. The van der Waals surface area contributed by atoms with E-state index in [0.29, 0.717) is 6.42 Å². The maximum absolute atomic E-state index is 11.9. The van der Waals surface area contributed by atoms with Gasteiger partial charge in [0.2, 0.25) is 5.91 Å². The van der Waals surface area contributed by atoms with Crippen LogP contribution in [0.2, 0.25) is 0 Å². The minimum absolute atomic E-state index is 0.176. The van der Waals surface area contributed by atoms with Gasteiger partial charge in [-0.05, 0) is 12.8 Å². The zero-order valence-corrected chi connectivity index (χ0v) is 14.5. The van der Waals surface area contributed by atoms with Crippen LogP contribution in [0.1, 0.15) is 52.4 Å². The molecule has 3 atom stereocenters. The van der Waals surface area contributed by atoms with E-state index in [1.165, 1.54) is 0 Å². The van der Waals surface area contributed by atoms with Crippen LogP contribution in [0.5, 0.6) is 0 Å². The van der Waals surface area contributed by atoms with Gasteiger partial charge in [-0.15, -0.1) is 0 Å². The van der Waals surface area contributed by atoms with Gasteiger partial charge in [-0.25, -0.2) is 4.79 Å². The lowest BCUT2D eigenvalue weighted by Crippen LogP contribution is -2.49. The summed E-state index contributed by atoms with van der Waals surface area (Å²) in [6.07, 6.45) is -0.212. The number of carbonyl (C=O) groups excluding carboxylic acids is 3. The first kappa shape index (κ1) is 22.7. The summed E-state index contributed by atoms with van der Waals surface area (Å²) in [6.45, 7) is 3.27. The molecule has 25 heavy (non-hydrogen) atoms. The van der Waals surface area contributed by atoms with Gasteiger partial charge in [0.05, 0.1) is 12.0 Å². The van der Waals surface area contributed by atoms with Gasteiger partial charge in [0, 0.05) is 25.7 Å². The van der Waals surface area contributed by atoms with E-state index in [2.05, 4.69) is 5.32 Å². The number of ketones is 2. The minimum Gasteiger partial charge on any atom is -0.481 e. The summed E-state index contributed by atoms with van der Waals surface area (Å²) in [7, 11) is 0. The van der Waals surface area contributed by atoms with Crippen molar-refractivity contribution in [3.8, 4) is 0 Å². The van der Waals surface area contributed by atoms with Gasteiger partial charge < -0.3 is 21.3 Å².